The topological polar surface area (TPSA) is 12.0 Å². The van der Waals surface area contributed by atoms with Gasteiger partial charge in [0.25, 0.3) is 0 Å². The van der Waals surface area contributed by atoms with Gasteiger partial charge in [0.15, 0.2) is 0 Å². The van der Waals surface area contributed by atoms with E-state index in [0.717, 1.165) is 11.8 Å². The molecule has 0 aliphatic carbocycles. The molecule has 1 atom stereocenters. The van der Waals surface area contributed by atoms with E-state index < -0.39 is 0 Å². The lowest BCUT2D eigenvalue weighted by atomic mass is 9.92. The Kier molecular flexibility index (Phi) is 3.92. The molecule has 0 saturated carbocycles. The Morgan fingerprint density at radius 2 is 2.27 bits per heavy atom. The zero-order valence-corrected chi connectivity index (χ0v) is 7.90. The summed E-state index contributed by atoms with van der Waals surface area (Å²) in [4.78, 5) is 0. The Labute approximate surface area is 70.6 Å². The van der Waals surface area contributed by atoms with Gasteiger partial charge >= 0.3 is 0 Å². The van der Waals surface area contributed by atoms with Gasteiger partial charge in [-0.05, 0) is 44.2 Å². The van der Waals surface area contributed by atoms with Crippen LogP contribution in [0.3, 0.4) is 0 Å². The second-order valence-electron chi connectivity index (χ2n) is 4.18. The Morgan fingerprint density at radius 3 is 2.82 bits per heavy atom. The molecule has 11 heavy (non-hydrogen) atoms. The normalized spacial score (nSPS) is 25.9. The van der Waals surface area contributed by atoms with Crippen LogP contribution in [0.4, 0.5) is 0 Å². The van der Waals surface area contributed by atoms with Crippen molar-refractivity contribution in [3.8, 4) is 0 Å². The Hall–Kier alpha value is -0.0400. The van der Waals surface area contributed by atoms with Gasteiger partial charge in [0, 0.05) is 0 Å². The molecular weight excluding hydrogens is 134 g/mol. The highest BCUT2D eigenvalue weighted by molar-refractivity contribution is 4.69. The molecule has 1 aliphatic heterocycles. The summed E-state index contributed by atoms with van der Waals surface area (Å²) in [5.74, 6) is 1.86. The fourth-order valence-corrected chi connectivity index (χ4v) is 1.74. The largest absolute Gasteiger partial charge is 0.316 e. The molecule has 1 heteroatoms. The van der Waals surface area contributed by atoms with Crippen molar-refractivity contribution in [1.82, 2.24) is 5.32 Å². The van der Waals surface area contributed by atoms with E-state index in [1.165, 1.54) is 38.8 Å². The third-order valence-electron chi connectivity index (χ3n) is 2.55. The zero-order valence-electron chi connectivity index (χ0n) is 7.90. The van der Waals surface area contributed by atoms with Gasteiger partial charge in [0.2, 0.25) is 0 Å². The van der Waals surface area contributed by atoms with E-state index in [9.17, 15) is 0 Å². The van der Waals surface area contributed by atoms with Gasteiger partial charge < -0.3 is 5.32 Å². The molecule has 0 aromatic rings. The molecule has 0 amide bonds. The lowest BCUT2D eigenvalue weighted by Gasteiger charge is -2.23. The van der Waals surface area contributed by atoms with Crippen LogP contribution in [0.1, 0.15) is 39.5 Å². The molecule has 0 aromatic carbocycles. The summed E-state index contributed by atoms with van der Waals surface area (Å²) in [5, 5.41) is 3.46. The standard InChI is InChI=1S/C10H21N/c1-9(2)5-6-10-4-3-7-11-8-10/h9-11H,3-8H2,1-2H3/t10-/m1/s1. The van der Waals surface area contributed by atoms with Gasteiger partial charge in [-0.25, -0.2) is 0 Å². The first-order valence-corrected chi connectivity index (χ1v) is 4.99. The molecular formula is C10H21N. The van der Waals surface area contributed by atoms with Gasteiger partial charge in [0.1, 0.15) is 0 Å². The van der Waals surface area contributed by atoms with E-state index in [2.05, 4.69) is 19.2 Å². The van der Waals surface area contributed by atoms with Crippen molar-refractivity contribution in [1.29, 1.82) is 0 Å². The van der Waals surface area contributed by atoms with Crippen molar-refractivity contribution in [2.45, 2.75) is 39.5 Å². The van der Waals surface area contributed by atoms with Crippen LogP contribution in [-0.2, 0) is 0 Å². The van der Waals surface area contributed by atoms with E-state index in [1.54, 1.807) is 0 Å². The van der Waals surface area contributed by atoms with Gasteiger partial charge in [0.05, 0.1) is 0 Å². The van der Waals surface area contributed by atoms with Gasteiger partial charge in [-0.15, -0.1) is 0 Å². The van der Waals surface area contributed by atoms with Gasteiger partial charge in [-0.1, -0.05) is 20.3 Å². The van der Waals surface area contributed by atoms with Crippen LogP contribution in [0.5, 0.6) is 0 Å². The average Bonchev–Trinajstić information content (AvgIpc) is 2.03. The number of hydrogen-bond acceptors (Lipinski definition) is 1. The van der Waals surface area contributed by atoms with E-state index in [1.807, 2.05) is 0 Å². The van der Waals surface area contributed by atoms with Crippen molar-refractivity contribution in [3.05, 3.63) is 0 Å². The summed E-state index contributed by atoms with van der Waals surface area (Å²) in [7, 11) is 0. The number of nitrogens with one attached hydrogen (secondary N) is 1. The molecule has 1 nitrogen and oxygen atoms in total. The Balaban J connectivity index is 2.05. The lowest BCUT2D eigenvalue weighted by Crippen LogP contribution is -2.29. The lowest BCUT2D eigenvalue weighted by molar-refractivity contribution is 0.334. The maximum atomic E-state index is 3.46. The van der Waals surface area contributed by atoms with Crippen molar-refractivity contribution < 1.29 is 0 Å². The second-order valence-corrected chi connectivity index (χ2v) is 4.18. The predicted octanol–water partition coefficient (Wildman–Crippen LogP) is 2.42. The highest BCUT2D eigenvalue weighted by Crippen LogP contribution is 2.18. The Bertz CT molecular complexity index is 93.0. The summed E-state index contributed by atoms with van der Waals surface area (Å²) in [6.45, 7) is 7.15. The fourth-order valence-electron chi connectivity index (χ4n) is 1.74. The first-order valence-electron chi connectivity index (χ1n) is 4.99. The van der Waals surface area contributed by atoms with E-state index in [-0.39, 0.29) is 0 Å². The van der Waals surface area contributed by atoms with Crippen molar-refractivity contribution in [2.75, 3.05) is 13.1 Å². The maximum absolute atomic E-state index is 3.46. The summed E-state index contributed by atoms with van der Waals surface area (Å²) < 4.78 is 0. The van der Waals surface area contributed by atoms with Crippen LogP contribution < -0.4 is 5.32 Å². The van der Waals surface area contributed by atoms with E-state index >= 15 is 0 Å². The molecule has 1 heterocycles. The zero-order chi connectivity index (χ0) is 8.10. The third kappa shape index (κ3) is 3.76. The number of hydrogen-bond donors (Lipinski definition) is 1. The SMILES string of the molecule is CC(C)CC[C@H]1CCCNC1. The van der Waals surface area contributed by atoms with Crippen molar-refractivity contribution in [2.24, 2.45) is 11.8 Å². The number of piperidine rings is 1. The highest BCUT2D eigenvalue weighted by Gasteiger charge is 2.12. The van der Waals surface area contributed by atoms with E-state index in [4.69, 9.17) is 0 Å². The highest BCUT2D eigenvalue weighted by atomic mass is 14.9. The summed E-state index contributed by atoms with van der Waals surface area (Å²) in [6.07, 6.45) is 5.69. The molecule has 66 valence electrons. The van der Waals surface area contributed by atoms with Crippen LogP contribution in [0.15, 0.2) is 0 Å². The van der Waals surface area contributed by atoms with Crippen LogP contribution in [0, 0.1) is 11.8 Å². The molecule has 0 aromatic heterocycles. The van der Waals surface area contributed by atoms with Crippen LogP contribution in [0.2, 0.25) is 0 Å². The summed E-state index contributed by atoms with van der Waals surface area (Å²) >= 11 is 0. The van der Waals surface area contributed by atoms with Gasteiger partial charge in [-0.2, -0.15) is 0 Å². The smallest absolute Gasteiger partial charge is 0.00205 e. The quantitative estimate of drug-likeness (QED) is 0.660. The molecule has 1 N–H and O–H groups in total. The molecule has 1 fully saturated rings. The summed E-state index contributed by atoms with van der Waals surface area (Å²) in [6, 6.07) is 0. The minimum absolute atomic E-state index is 0.886. The molecule has 0 spiro atoms. The molecule has 1 rings (SSSR count). The molecule has 0 bridgehead atoms. The Morgan fingerprint density at radius 1 is 1.45 bits per heavy atom. The van der Waals surface area contributed by atoms with Crippen LogP contribution in [0.25, 0.3) is 0 Å². The minimum Gasteiger partial charge on any atom is -0.316 e. The molecule has 0 unspecified atom stereocenters. The third-order valence-corrected chi connectivity index (χ3v) is 2.55. The fraction of sp³-hybridized carbons (Fsp3) is 1.00. The van der Waals surface area contributed by atoms with E-state index in [0.29, 0.717) is 0 Å². The monoisotopic (exact) mass is 155 g/mol. The van der Waals surface area contributed by atoms with Crippen molar-refractivity contribution in [3.63, 3.8) is 0 Å². The molecule has 1 aliphatic rings. The molecule has 1 saturated heterocycles. The first-order chi connectivity index (χ1) is 5.29. The van der Waals surface area contributed by atoms with Gasteiger partial charge in [-0.3, -0.25) is 0 Å². The van der Waals surface area contributed by atoms with Crippen LogP contribution >= 0.6 is 0 Å². The molecule has 0 radical (unpaired) electrons. The number of rotatable bonds is 3. The minimum atomic E-state index is 0.886. The van der Waals surface area contributed by atoms with Crippen LogP contribution in [-0.4, -0.2) is 13.1 Å². The first kappa shape index (κ1) is 9.05. The second kappa shape index (κ2) is 4.76. The predicted molar refractivity (Wildman–Crippen MR) is 49.7 cm³/mol. The summed E-state index contributed by atoms with van der Waals surface area (Å²) in [5.41, 5.74) is 0. The average molecular weight is 155 g/mol. The van der Waals surface area contributed by atoms with Crippen molar-refractivity contribution >= 4 is 0 Å². The maximum Gasteiger partial charge on any atom is -0.00205 e.